The van der Waals surface area contributed by atoms with Crippen molar-refractivity contribution < 1.29 is 8.78 Å². The summed E-state index contributed by atoms with van der Waals surface area (Å²) in [5, 5.41) is 3.17. The van der Waals surface area contributed by atoms with Gasteiger partial charge in [-0.05, 0) is 43.8 Å². The van der Waals surface area contributed by atoms with Crippen LogP contribution in [0.15, 0.2) is 50.7 Å². The molecular formula is C15H14BrF2NS. The third-order valence-corrected chi connectivity index (χ3v) is 4.61. The van der Waals surface area contributed by atoms with Crippen molar-refractivity contribution in [3.8, 4) is 0 Å². The Morgan fingerprint density at radius 1 is 1.10 bits per heavy atom. The van der Waals surface area contributed by atoms with Crippen molar-refractivity contribution in [3.63, 3.8) is 0 Å². The largest absolute Gasteiger partial charge is 0.313 e. The smallest absolute Gasteiger partial charge is 0.140 e. The molecule has 1 unspecified atom stereocenters. The van der Waals surface area contributed by atoms with E-state index in [-0.39, 0.29) is 6.04 Å². The highest BCUT2D eigenvalue weighted by Crippen LogP contribution is 2.36. The van der Waals surface area contributed by atoms with E-state index in [4.69, 9.17) is 0 Å². The average molecular weight is 358 g/mol. The Morgan fingerprint density at radius 2 is 1.85 bits per heavy atom. The molecule has 106 valence electrons. The van der Waals surface area contributed by atoms with Crippen molar-refractivity contribution in [1.82, 2.24) is 5.32 Å². The molecule has 0 radical (unpaired) electrons. The van der Waals surface area contributed by atoms with Crippen LogP contribution in [0.1, 0.15) is 18.5 Å². The minimum absolute atomic E-state index is 0.147. The van der Waals surface area contributed by atoms with Crippen LogP contribution in [0.4, 0.5) is 8.78 Å². The molecule has 1 nitrogen and oxygen atoms in total. The summed E-state index contributed by atoms with van der Waals surface area (Å²) >= 11 is 4.72. The van der Waals surface area contributed by atoms with Gasteiger partial charge in [-0.3, -0.25) is 0 Å². The van der Waals surface area contributed by atoms with E-state index in [0.29, 0.717) is 4.90 Å². The van der Waals surface area contributed by atoms with E-state index in [0.717, 1.165) is 21.0 Å². The molecule has 0 saturated heterocycles. The highest BCUT2D eigenvalue weighted by molar-refractivity contribution is 9.10. The molecule has 0 aliphatic heterocycles. The number of benzene rings is 2. The summed E-state index contributed by atoms with van der Waals surface area (Å²) in [6, 6.07) is 9.67. The summed E-state index contributed by atoms with van der Waals surface area (Å²) in [5.41, 5.74) is 1.07. The molecule has 0 aliphatic carbocycles. The zero-order valence-electron chi connectivity index (χ0n) is 11.1. The van der Waals surface area contributed by atoms with Crippen molar-refractivity contribution in [3.05, 3.63) is 58.1 Å². The lowest BCUT2D eigenvalue weighted by atomic mass is 10.1. The third kappa shape index (κ3) is 3.59. The molecule has 20 heavy (non-hydrogen) atoms. The summed E-state index contributed by atoms with van der Waals surface area (Å²) in [5.74, 6) is -1.11. The van der Waals surface area contributed by atoms with Gasteiger partial charge in [-0.15, -0.1) is 0 Å². The Morgan fingerprint density at radius 3 is 2.50 bits per heavy atom. The van der Waals surface area contributed by atoms with Crippen LogP contribution in [0.3, 0.4) is 0 Å². The number of halogens is 3. The molecule has 2 aromatic rings. The molecule has 0 bridgehead atoms. The first kappa shape index (κ1) is 15.5. The van der Waals surface area contributed by atoms with Gasteiger partial charge in [0.15, 0.2) is 0 Å². The molecule has 1 atom stereocenters. The highest BCUT2D eigenvalue weighted by Gasteiger charge is 2.13. The van der Waals surface area contributed by atoms with E-state index < -0.39 is 11.6 Å². The van der Waals surface area contributed by atoms with E-state index in [1.807, 2.05) is 32.2 Å². The SMILES string of the molecule is CNC(C)c1ccc(Br)cc1Sc1ccc(F)cc1F. The third-order valence-electron chi connectivity index (χ3n) is 2.99. The standard InChI is InChI=1S/C15H14BrF2NS/c1-9(19-2)12-5-3-10(16)7-15(12)20-14-6-4-11(17)8-13(14)18/h3-9,19H,1-2H3. The summed E-state index contributed by atoms with van der Waals surface area (Å²) < 4.78 is 27.6. The molecule has 1 N–H and O–H groups in total. The maximum absolute atomic E-state index is 13.8. The topological polar surface area (TPSA) is 12.0 Å². The first-order chi connectivity index (χ1) is 9.51. The predicted octanol–water partition coefficient (Wildman–Crippen LogP) is 5.16. The second-order valence-electron chi connectivity index (χ2n) is 4.37. The lowest BCUT2D eigenvalue weighted by Gasteiger charge is -2.16. The first-order valence-electron chi connectivity index (χ1n) is 6.11. The summed E-state index contributed by atoms with van der Waals surface area (Å²) in [4.78, 5) is 1.35. The van der Waals surface area contributed by atoms with Gasteiger partial charge in [-0.1, -0.05) is 33.8 Å². The van der Waals surface area contributed by atoms with Crippen LogP contribution in [0.25, 0.3) is 0 Å². The number of hydrogen-bond acceptors (Lipinski definition) is 2. The quantitative estimate of drug-likeness (QED) is 0.810. The number of nitrogens with one attached hydrogen (secondary N) is 1. The molecule has 2 aromatic carbocycles. The van der Waals surface area contributed by atoms with E-state index in [2.05, 4.69) is 21.2 Å². The summed E-state index contributed by atoms with van der Waals surface area (Å²) in [7, 11) is 1.87. The fourth-order valence-corrected chi connectivity index (χ4v) is 3.38. The van der Waals surface area contributed by atoms with E-state index >= 15 is 0 Å². The second-order valence-corrected chi connectivity index (χ2v) is 6.37. The van der Waals surface area contributed by atoms with Crippen LogP contribution >= 0.6 is 27.7 Å². The zero-order chi connectivity index (χ0) is 14.7. The van der Waals surface area contributed by atoms with Gasteiger partial charge >= 0.3 is 0 Å². The van der Waals surface area contributed by atoms with Gasteiger partial charge < -0.3 is 5.32 Å². The van der Waals surface area contributed by atoms with Crippen molar-refractivity contribution >= 4 is 27.7 Å². The Hall–Kier alpha value is -0.910. The van der Waals surface area contributed by atoms with Crippen LogP contribution < -0.4 is 5.32 Å². The molecule has 0 fully saturated rings. The Bertz CT molecular complexity index is 619. The molecule has 0 aromatic heterocycles. The monoisotopic (exact) mass is 357 g/mol. The van der Waals surface area contributed by atoms with Crippen LogP contribution in [-0.4, -0.2) is 7.05 Å². The predicted molar refractivity (Wildman–Crippen MR) is 82.1 cm³/mol. The Balaban J connectivity index is 2.39. The molecule has 0 amide bonds. The number of hydrogen-bond donors (Lipinski definition) is 1. The number of rotatable bonds is 4. The van der Waals surface area contributed by atoms with Gasteiger partial charge in [0.25, 0.3) is 0 Å². The molecule has 0 spiro atoms. The normalized spacial score (nSPS) is 12.4. The van der Waals surface area contributed by atoms with Crippen molar-refractivity contribution in [2.24, 2.45) is 0 Å². The molecule has 0 aliphatic rings. The maximum Gasteiger partial charge on any atom is 0.140 e. The van der Waals surface area contributed by atoms with Crippen LogP contribution in [0.5, 0.6) is 0 Å². The van der Waals surface area contributed by atoms with E-state index in [9.17, 15) is 8.78 Å². The lowest BCUT2D eigenvalue weighted by molar-refractivity contribution is 0.565. The van der Waals surface area contributed by atoms with Crippen molar-refractivity contribution in [1.29, 1.82) is 0 Å². The highest BCUT2D eigenvalue weighted by atomic mass is 79.9. The van der Waals surface area contributed by atoms with Gasteiger partial charge in [-0.2, -0.15) is 0 Å². The molecule has 5 heteroatoms. The van der Waals surface area contributed by atoms with Crippen LogP contribution in [0, 0.1) is 11.6 Å². The minimum Gasteiger partial charge on any atom is -0.313 e. The van der Waals surface area contributed by atoms with Gasteiger partial charge in [0.05, 0.1) is 0 Å². The summed E-state index contributed by atoms with van der Waals surface area (Å²) in [6.07, 6.45) is 0. The molecule has 2 rings (SSSR count). The fraction of sp³-hybridized carbons (Fsp3) is 0.200. The first-order valence-corrected chi connectivity index (χ1v) is 7.72. The van der Waals surface area contributed by atoms with Crippen molar-refractivity contribution in [2.75, 3.05) is 7.05 Å². The average Bonchev–Trinajstić information content (AvgIpc) is 2.41. The van der Waals surface area contributed by atoms with Gasteiger partial charge in [0, 0.05) is 26.4 Å². The maximum atomic E-state index is 13.8. The minimum atomic E-state index is -0.565. The second kappa shape index (κ2) is 6.70. The molecular weight excluding hydrogens is 344 g/mol. The van der Waals surface area contributed by atoms with Crippen LogP contribution in [0.2, 0.25) is 0 Å². The van der Waals surface area contributed by atoms with Crippen LogP contribution in [-0.2, 0) is 0 Å². The Kier molecular flexibility index (Phi) is 5.18. The van der Waals surface area contributed by atoms with Gasteiger partial charge in [-0.25, -0.2) is 8.78 Å². The van der Waals surface area contributed by atoms with E-state index in [1.54, 1.807) is 0 Å². The Labute approximate surface area is 129 Å². The van der Waals surface area contributed by atoms with Crippen molar-refractivity contribution in [2.45, 2.75) is 22.8 Å². The fourth-order valence-electron chi connectivity index (χ4n) is 1.79. The lowest BCUT2D eigenvalue weighted by Crippen LogP contribution is -2.13. The van der Waals surface area contributed by atoms with E-state index in [1.165, 1.54) is 23.9 Å². The molecule has 0 heterocycles. The summed E-state index contributed by atoms with van der Waals surface area (Å²) in [6.45, 7) is 2.04. The van der Waals surface area contributed by atoms with Gasteiger partial charge in [0.1, 0.15) is 11.6 Å². The molecule has 0 saturated carbocycles. The van der Waals surface area contributed by atoms with Gasteiger partial charge in [0.2, 0.25) is 0 Å². The zero-order valence-corrected chi connectivity index (χ0v) is 13.5.